The van der Waals surface area contributed by atoms with Crippen LogP contribution in [0.5, 0.6) is 5.75 Å². The van der Waals surface area contributed by atoms with Crippen molar-refractivity contribution in [1.29, 1.82) is 0 Å². The predicted octanol–water partition coefficient (Wildman–Crippen LogP) is 18.5. The second-order valence-electron chi connectivity index (χ2n) is 29.9. The molecule has 6 aliphatic rings. The molecule has 0 amide bonds. The number of likely N-dealkylation sites (tertiary alicyclic amines) is 1. The number of phenols is 1. The number of aliphatic hydroxyl groups is 3. The van der Waals surface area contributed by atoms with Gasteiger partial charge in [0.05, 0.1) is 4.92 Å². The van der Waals surface area contributed by atoms with Crippen LogP contribution in [0.1, 0.15) is 171 Å². The Kier molecular flexibility index (Phi) is 26.8. The summed E-state index contributed by atoms with van der Waals surface area (Å²) in [6.45, 7) is 11.8. The first kappa shape index (κ1) is 75.8. The molecule has 3 saturated heterocycles. The maximum atomic E-state index is 11.3. The Morgan fingerprint density at radius 2 is 0.673 bits per heavy atom. The van der Waals surface area contributed by atoms with E-state index in [1.807, 2.05) is 60.7 Å². The molecule has 0 bridgehead atoms. The lowest BCUT2D eigenvalue weighted by molar-refractivity contribution is -0.384. The Hall–Kier alpha value is -9.44. The molecule has 3 aliphatic carbocycles. The summed E-state index contributed by atoms with van der Waals surface area (Å²) in [7, 11) is 0. The van der Waals surface area contributed by atoms with Gasteiger partial charge in [-0.05, 0) is 259 Å². The summed E-state index contributed by atoms with van der Waals surface area (Å²) < 4.78 is 0. The van der Waals surface area contributed by atoms with E-state index in [9.17, 15) is 30.5 Å². The van der Waals surface area contributed by atoms with Crippen LogP contribution >= 0.6 is 0 Å². The average Bonchev–Trinajstić information content (AvgIpc) is 1.75. The minimum Gasteiger partial charge on any atom is -0.508 e. The van der Waals surface area contributed by atoms with Crippen LogP contribution in [0.2, 0.25) is 0 Å². The number of aromatic hydroxyl groups is 1. The Morgan fingerprint density at radius 3 is 1.02 bits per heavy atom. The fourth-order valence-electron chi connectivity index (χ4n) is 16.7. The van der Waals surface area contributed by atoms with Crippen LogP contribution in [0.25, 0.3) is 33.4 Å². The quantitative estimate of drug-likeness (QED) is 0.0159. The van der Waals surface area contributed by atoms with E-state index in [0.29, 0.717) is 25.2 Å². The Bertz CT molecular complexity index is 4320. The van der Waals surface area contributed by atoms with Crippen molar-refractivity contribution in [2.75, 3.05) is 101 Å². The number of non-ortho nitro benzene ring substituents is 1. The second kappa shape index (κ2) is 37.9. The number of nitrogens with zero attached hydrogens (tertiary/aromatic N) is 6. The summed E-state index contributed by atoms with van der Waals surface area (Å²) in [4.78, 5) is 23.9. The normalized spacial score (nSPS) is 17.7. The van der Waals surface area contributed by atoms with Crippen LogP contribution in [-0.2, 0) is 0 Å². The minimum absolute atomic E-state index is 0.0791. The van der Waals surface area contributed by atoms with E-state index < -0.39 is 0 Å². The molecule has 13 nitrogen and oxygen atoms in total. The molecule has 0 spiro atoms. The predicted molar refractivity (Wildman–Crippen MR) is 441 cm³/mol. The molecule has 3 aliphatic heterocycles. The summed E-state index contributed by atoms with van der Waals surface area (Å²) in [5.41, 5.74) is 28.0. The number of piperazine rings is 2. The number of allylic oxidation sites excluding steroid dienone is 3. The highest BCUT2D eigenvalue weighted by Crippen LogP contribution is 2.42. The van der Waals surface area contributed by atoms with Crippen LogP contribution in [0.4, 0.5) is 22.7 Å². The second-order valence-corrected chi connectivity index (χ2v) is 29.9. The van der Waals surface area contributed by atoms with Gasteiger partial charge in [0.25, 0.3) is 5.69 Å². The number of phenolic OH excluding ortho intramolecular Hbond substituents is 1. The topological polar surface area (TPSA) is 166 Å². The van der Waals surface area contributed by atoms with Crippen molar-refractivity contribution in [3.8, 4) is 5.75 Å². The summed E-state index contributed by atoms with van der Waals surface area (Å²) in [5, 5.41) is 50.1. The first-order chi connectivity index (χ1) is 52.6. The van der Waals surface area contributed by atoms with Gasteiger partial charge in [-0.1, -0.05) is 183 Å². The van der Waals surface area contributed by atoms with Gasteiger partial charge in [0.15, 0.2) is 0 Å². The number of nitro groups is 1. The van der Waals surface area contributed by atoms with Gasteiger partial charge in [-0.15, -0.1) is 0 Å². The smallest absolute Gasteiger partial charge is 0.269 e. The average molecular weight is 1430 g/mol. The molecule has 6 N–H and O–H groups in total. The molecular weight excluding hydrogens is 1320 g/mol. The highest BCUT2D eigenvalue weighted by atomic mass is 16.6. The van der Waals surface area contributed by atoms with Gasteiger partial charge in [-0.2, -0.15) is 0 Å². The molecule has 0 atom stereocenters. The van der Waals surface area contributed by atoms with Crippen molar-refractivity contribution < 1.29 is 25.3 Å². The van der Waals surface area contributed by atoms with E-state index in [1.165, 1.54) is 134 Å². The SMILES string of the molecule is Nc1ccc(/C(=C(\CCCO)c2ccccc2)c2ccc(C3CCN(C4CC4)CC3)cc2)cc1.O=[N+]([O-])c1ccc(/C(=C(\CCCO)c2ccccc2)c2ccc(N3CCN(C4CC4)CC3)cc2)cc1.OCCC/C(=C(\c1ccc(O)cc1)c1ccc(N2CCN(C3CCCCC3)CC2)cc1)c1ccccc1. The number of nitrogens with two attached hydrogens (primary N) is 1. The van der Waals surface area contributed by atoms with Crippen LogP contribution < -0.4 is 15.5 Å². The lowest BCUT2D eigenvalue weighted by Gasteiger charge is -2.41. The number of hydrogen-bond acceptors (Lipinski definition) is 12. The van der Waals surface area contributed by atoms with E-state index >= 15 is 0 Å². The molecule has 0 unspecified atom stereocenters. The van der Waals surface area contributed by atoms with Crippen molar-refractivity contribution in [2.24, 2.45) is 0 Å². The van der Waals surface area contributed by atoms with Crippen LogP contribution in [-0.4, -0.2) is 143 Å². The molecule has 0 aromatic heterocycles. The number of nitrogen functional groups attached to an aromatic ring is 1. The van der Waals surface area contributed by atoms with Crippen LogP contribution in [0, 0.1) is 10.1 Å². The number of piperidine rings is 1. The zero-order chi connectivity index (χ0) is 73.7. The summed E-state index contributed by atoms with van der Waals surface area (Å²) in [6, 6.07) is 83.3. The van der Waals surface area contributed by atoms with Gasteiger partial charge >= 0.3 is 0 Å². The first-order valence-corrected chi connectivity index (χ1v) is 39.7. The van der Waals surface area contributed by atoms with Crippen LogP contribution in [0.15, 0.2) is 237 Å². The van der Waals surface area contributed by atoms with E-state index in [-0.39, 0.29) is 36.2 Å². The van der Waals surface area contributed by atoms with Crippen molar-refractivity contribution in [3.05, 3.63) is 302 Å². The highest BCUT2D eigenvalue weighted by molar-refractivity contribution is 6.01. The number of aliphatic hydroxyl groups excluding tert-OH is 3. The van der Waals surface area contributed by atoms with E-state index in [4.69, 9.17) is 5.73 Å². The van der Waals surface area contributed by atoms with Gasteiger partial charge in [0.1, 0.15) is 5.75 Å². The van der Waals surface area contributed by atoms with Crippen LogP contribution in [0.3, 0.4) is 0 Å². The first-order valence-electron chi connectivity index (χ1n) is 39.7. The van der Waals surface area contributed by atoms with Crippen molar-refractivity contribution in [1.82, 2.24) is 14.7 Å². The largest absolute Gasteiger partial charge is 0.508 e. The fraction of sp³-hybridized carbons (Fsp3) is 0.362. The summed E-state index contributed by atoms with van der Waals surface area (Å²) in [5.74, 6) is 0.929. The maximum absolute atomic E-state index is 11.3. The van der Waals surface area contributed by atoms with Crippen molar-refractivity contribution in [2.45, 2.75) is 133 Å². The van der Waals surface area contributed by atoms with E-state index in [0.717, 1.165) is 146 Å². The number of anilines is 3. The lowest BCUT2D eigenvalue weighted by Crippen LogP contribution is -2.50. The zero-order valence-corrected chi connectivity index (χ0v) is 62.4. The molecule has 556 valence electrons. The molecule has 3 saturated carbocycles. The van der Waals surface area contributed by atoms with Gasteiger partial charge in [0.2, 0.25) is 0 Å². The molecule has 107 heavy (non-hydrogen) atoms. The van der Waals surface area contributed by atoms with Gasteiger partial charge in [0, 0.05) is 119 Å². The third kappa shape index (κ3) is 20.2. The number of hydrogen-bond donors (Lipinski definition) is 5. The van der Waals surface area contributed by atoms with Crippen molar-refractivity contribution in [3.63, 3.8) is 0 Å². The number of benzene rings is 9. The maximum Gasteiger partial charge on any atom is 0.269 e. The molecular formula is C94H109N7O6. The Balaban J connectivity index is 0.000000142. The minimum atomic E-state index is -0.366. The lowest BCUT2D eigenvalue weighted by atomic mass is 9.85. The fourth-order valence-corrected chi connectivity index (χ4v) is 16.7. The van der Waals surface area contributed by atoms with Gasteiger partial charge in [-0.3, -0.25) is 19.9 Å². The monoisotopic (exact) mass is 1430 g/mol. The van der Waals surface area contributed by atoms with Gasteiger partial charge in [-0.25, -0.2) is 0 Å². The number of rotatable bonds is 25. The molecule has 3 heterocycles. The van der Waals surface area contributed by atoms with E-state index in [2.05, 4.69) is 176 Å². The van der Waals surface area contributed by atoms with Crippen molar-refractivity contribution >= 4 is 56.2 Å². The zero-order valence-electron chi connectivity index (χ0n) is 62.4. The molecule has 9 aromatic rings. The third-order valence-corrected chi connectivity index (χ3v) is 22.8. The third-order valence-electron chi connectivity index (χ3n) is 22.8. The Morgan fingerprint density at radius 1 is 0.355 bits per heavy atom. The molecule has 9 aromatic carbocycles. The number of nitro benzene ring substituents is 1. The van der Waals surface area contributed by atoms with E-state index in [1.54, 1.807) is 24.3 Å². The molecule has 15 rings (SSSR count). The molecule has 6 fully saturated rings. The summed E-state index contributed by atoms with van der Waals surface area (Å²) >= 11 is 0. The van der Waals surface area contributed by atoms with Gasteiger partial charge < -0.3 is 40.9 Å². The molecule has 13 heteroatoms. The standard InChI is InChI=1S/C33H40N2O2.C31H36N2O.C30H33N3O3/c36-25-7-12-32(26-8-3-1-4-9-26)33(28-15-19-31(37)20-16-28)27-13-17-30(18-14-27)35-23-21-34(22-24-35)29-10-5-2-6-11-29;32-28-14-12-27(13-15-28)31(30(7-4-22-34)25-5-2-1-3-6-25)26-10-8-23(9-11-26)24-18-20-33(21-19-24)29-16-17-29;34-22-4-7-29(23-5-2-1-3-6-23)30(25-10-14-28(15-11-25)33(35)36)24-8-12-26(13-9-24)31-18-20-32(21-19-31)27-16-17-27/h1,3-4,8-9,13-20,29,36-37H,2,5-7,10-12,21-25H2;1-3,5-6,8-15,24,29,34H,4,7,16-22,32H2;1-3,5-6,8-15,27,34H,4,7,16-22H2/b33-32+;31-30+;30-29+. The highest BCUT2D eigenvalue weighted by Gasteiger charge is 2.34. The molecule has 0 radical (unpaired) electrons. The Labute approximate surface area is 634 Å². The summed E-state index contributed by atoms with van der Waals surface area (Å²) in [6.07, 6.45) is 19.4.